The SMILES string of the molecule is CC1COC(CCl)CN1C(=O)C1CC2CC2C1. The second kappa shape index (κ2) is 4.43. The van der Waals surface area contributed by atoms with Gasteiger partial charge in [-0.15, -0.1) is 11.6 Å². The number of fused-ring (bicyclic) bond motifs is 1. The Labute approximate surface area is 107 Å². The monoisotopic (exact) mass is 257 g/mol. The fourth-order valence-electron chi connectivity index (χ4n) is 3.37. The number of morpholine rings is 1. The van der Waals surface area contributed by atoms with Crippen LogP contribution in [0.4, 0.5) is 0 Å². The highest BCUT2D eigenvalue weighted by Gasteiger charge is 2.49. The molecule has 4 heteroatoms. The summed E-state index contributed by atoms with van der Waals surface area (Å²) in [6, 6.07) is 0.207. The van der Waals surface area contributed by atoms with Crippen molar-refractivity contribution in [2.24, 2.45) is 17.8 Å². The normalized spacial score (nSPS) is 44.6. The maximum atomic E-state index is 12.5. The number of carbonyl (C=O) groups excluding carboxylic acids is 1. The predicted octanol–water partition coefficient (Wildman–Crippen LogP) is 1.89. The Morgan fingerprint density at radius 1 is 1.35 bits per heavy atom. The highest BCUT2D eigenvalue weighted by Crippen LogP contribution is 2.54. The third-order valence-corrected chi connectivity index (χ3v) is 4.90. The van der Waals surface area contributed by atoms with Gasteiger partial charge in [-0.3, -0.25) is 4.79 Å². The highest BCUT2D eigenvalue weighted by molar-refractivity contribution is 6.18. The van der Waals surface area contributed by atoms with Gasteiger partial charge in [-0.05, 0) is 38.0 Å². The van der Waals surface area contributed by atoms with Gasteiger partial charge in [-0.2, -0.15) is 0 Å². The molecule has 1 aliphatic heterocycles. The van der Waals surface area contributed by atoms with E-state index in [1.807, 2.05) is 4.90 Å². The summed E-state index contributed by atoms with van der Waals surface area (Å²) in [6.45, 7) is 3.37. The topological polar surface area (TPSA) is 29.5 Å². The Morgan fingerprint density at radius 3 is 2.71 bits per heavy atom. The van der Waals surface area contributed by atoms with Gasteiger partial charge in [0, 0.05) is 12.5 Å². The van der Waals surface area contributed by atoms with Crippen molar-refractivity contribution in [3.63, 3.8) is 0 Å². The molecule has 3 rings (SSSR count). The molecule has 4 unspecified atom stereocenters. The minimum Gasteiger partial charge on any atom is -0.373 e. The first-order chi connectivity index (χ1) is 8.19. The van der Waals surface area contributed by atoms with Gasteiger partial charge in [0.2, 0.25) is 5.91 Å². The molecule has 1 saturated heterocycles. The molecular formula is C13H20ClNO2. The predicted molar refractivity (Wildman–Crippen MR) is 66.0 cm³/mol. The minimum absolute atomic E-state index is 0.0211. The minimum atomic E-state index is 0.0211. The summed E-state index contributed by atoms with van der Waals surface area (Å²) in [5, 5.41) is 0. The number of rotatable bonds is 2. The Kier molecular flexibility index (Phi) is 3.07. The van der Waals surface area contributed by atoms with E-state index in [1.165, 1.54) is 6.42 Å². The summed E-state index contributed by atoms with van der Waals surface area (Å²) in [5.74, 6) is 2.85. The van der Waals surface area contributed by atoms with Gasteiger partial charge < -0.3 is 9.64 Å². The van der Waals surface area contributed by atoms with Crippen LogP contribution in [0.15, 0.2) is 0 Å². The molecule has 0 radical (unpaired) electrons. The lowest BCUT2D eigenvalue weighted by Crippen LogP contribution is -2.53. The quantitative estimate of drug-likeness (QED) is 0.707. The first kappa shape index (κ1) is 11.8. The molecule has 0 aromatic carbocycles. The zero-order valence-electron chi connectivity index (χ0n) is 10.3. The zero-order chi connectivity index (χ0) is 12.0. The van der Waals surface area contributed by atoms with Crippen molar-refractivity contribution in [1.82, 2.24) is 4.90 Å². The number of nitrogens with zero attached hydrogens (tertiary/aromatic N) is 1. The Balaban J connectivity index is 1.62. The van der Waals surface area contributed by atoms with Crippen LogP contribution in [-0.4, -0.2) is 42.0 Å². The largest absolute Gasteiger partial charge is 0.373 e. The van der Waals surface area contributed by atoms with E-state index in [9.17, 15) is 4.79 Å². The van der Waals surface area contributed by atoms with E-state index >= 15 is 0 Å². The van der Waals surface area contributed by atoms with E-state index in [0.29, 0.717) is 24.9 Å². The molecule has 3 nitrogen and oxygen atoms in total. The number of alkyl halides is 1. The third-order valence-electron chi connectivity index (χ3n) is 4.55. The Morgan fingerprint density at radius 2 is 2.06 bits per heavy atom. The van der Waals surface area contributed by atoms with Gasteiger partial charge in [-0.25, -0.2) is 0 Å². The van der Waals surface area contributed by atoms with Crippen molar-refractivity contribution in [3.05, 3.63) is 0 Å². The Hall–Kier alpha value is -0.280. The van der Waals surface area contributed by atoms with Crippen molar-refractivity contribution in [3.8, 4) is 0 Å². The van der Waals surface area contributed by atoms with Gasteiger partial charge in [0.05, 0.1) is 24.6 Å². The van der Waals surface area contributed by atoms with Crippen molar-refractivity contribution < 1.29 is 9.53 Å². The molecular weight excluding hydrogens is 238 g/mol. The lowest BCUT2D eigenvalue weighted by atomic mass is 10.0. The van der Waals surface area contributed by atoms with Crippen LogP contribution < -0.4 is 0 Å². The summed E-state index contributed by atoms with van der Waals surface area (Å²) in [5.41, 5.74) is 0. The maximum Gasteiger partial charge on any atom is 0.226 e. The van der Waals surface area contributed by atoms with Crippen LogP contribution in [0.3, 0.4) is 0 Å². The zero-order valence-corrected chi connectivity index (χ0v) is 11.0. The van der Waals surface area contributed by atoms with Crippen molar-refractivity contribution in [2.45, 2.75) is 38.3 Å². The molecule has 4 atom stereocenters. The molecule has 2 saturated carbocycles. The summed E-state index contributed by atoms with van der Waals surface area (Å²) in [7, 11) is 0. The number of ether oxygens (including phenoxy) is 1. The van der Waals surface area contributed by atoms with E-state index in [-0.39, 0.29) is 18.1 Å². The fraction of sp³-hybridized carbons (Fsp3) is 0.923. The highest BCUT2D eigenvalue weighted by atomic mass is 35.5. The van der Waals surface area contributed by atoms with Crippen LogP contribution >= 0.6 is 11.6 Å². The lowest BCUT2D eigenvalue weighted by molar-refractivity contribution is -0.147. The standard InChI is InChI=1S/C13H20ClNO2/c1-8-7-17-12(5-14)6-15(8)13(16)11-3-9-2-10(9)4-11/h8-12H,2-7H2,1H3. The molecule has 3 aliphatic rings. The second-order valence-corrected chi connectivity index (χ2v) is 6.18. The third kappa shape index (κ3) is 2.19. The molecule has 1 heterocycles. The van der Waals surface area contributed by atoms with E-state index < -0.39 is 0 Å². The van der Waals surface area contributed by atoms with E-state index in [0.717, 1.165) is 24.7 Å². The van der Waals surface area contributed by atoms with Gasteiger partial charge in [0.1, 0.15) is 0 Å². The van der Waals surface area contributed by atoms with Crippen LogP contribution in [-0.2, 0) is 9.53 Å². The summed E-state index contributed by atoms with van der Waals surface area (Å²) in [4.78, 5) is 14.5. The summed E-state index contributed by atoms with van der Waals surface area (Å²) >= 11 is 5.82. The molecule has 2 aliphatic carbocycles. The van der Waals surface area contributed by atoms with Crippen LogP contribution in [0.2, 0.25) is 0 Å². The average Bonchev–Trinajstić information content (AvgIpc) is 2.96. The molecule has 1 amide bonds. The van der Waals surface area contributed by atoms with Crippen LogP contribution in [0, 0.1) is 17.8 Å². The van der Waals surface area contributed by atoms with Crippen LogP contribution in [0.25, 0.3) is 0 Å². The number of hydrogen-bond acceptors (Lipinski definition) is 2. The van der Waals surface area contributed by atoms with Crippen molar-refractivity contribution in [2.75, 3.05) is 19.0 Å². The van der Waals surface area contributed by atoms with Gasteiger partial charge in [0.25, 0.3) is 0 Å². The molecule has 96 valence electrons. The first-order valence-electron chi connectivity index (χ1n) is 6.67. The number of halogens is 1. The van der Waals surface area contributed by atoms with Gasteiger partial charge in [-0.1, -0.05) is 0 Å². The second-order valence-electron chi connectivity index (χ2n) is 5.87. The average molecular weight is 258 g/mol. The Bertz CT molecular complexity index is 313. The number of hydrogen-bond donors (Lipinski definition) is 0. The molecule has 0 N–H and O–H groups in total. The first-order valence-corrected chi connectivity index (χ1v) is 7.20. The van der Waals surface area contributed by atoms with Crippen molar-refractivity contribution in [1.29, 1.82) is 0 Å². The molecule has 0 aromatic heterocycles. The summed E-state index contributed by atoms with van der Waals surface area (Å²) < 4.78 is 5.59. The van der Waals surface area contributed by atoms with Gasteiger partial charge >= 0.3 is 0 Å². The number of amides is 1. The van der Waals surface area contributed by atoms with E-state index in [2.05, 4.69) is 6.92 Å². The maximum absolute atomic E-state index is 12.5. The number of carbonyl (C=O) groups is 1. The molecule has 0 spiro atoms. The van der Waals surface area contributed by atoms with Crippen LogP contribution in [0.5, 0.6) is 0 Å². The van der Waals surface area contributed by atoms with Crippen molar-refractivity contribution >= 4 is 17.5 Å². The molecule has 0 aromatic rings. The van der Waals surface area contributed by atoms with E-state index in [1.54, 1.807) is 0 Å². The van der Waals surface area contributed by atoms with Gasteiger partial charge in [0.15, 0.2) is 0 Å². The fourth-order valence-corrected chi connectivity index (χ4v) is 3.56. The lowest BCUT2D eigenvalue weighted by Gasteiger charge is -2.39. The molecule has 3 fully saturated rings. The molecule has 17 heavy (non-hydrogen) atoms. The van der Waals surface area contributed by atoms with E-state index in [4.69, 9.17) is 16.3 Å². The van der Waals surface area contributed by atoms with Crippen LogP contribution in [0.1, 0.15) is 26.2 Å². The molecule has 0 bridgehead atoms. The smallest absolute Gasteiger partial charge is 0.226 e. The summed E-state index contributed by atoms with van der Waals surface area (Å²) in [6.07, 6.45) is 3.64.